The molecule has 11 heteroatoms. The molecule has 1 saturated heterocycles. The zero-order chi connectivity index (χ0) is 26.6. The molecule has 1 aliphatic heterocycles. The molecule has 0 bridgehead atoms. The van der Waals surface area contributed by atoms with Crippen molar-refractivity contribution in [1.29, 1.82) is 0 Å². The standard InChI is InChI=1S/C27H24N6O4S/c1-37-17-24(34)29-18-10-12-19(13-11-18)32-26(25(30-27(32)38)22-8-2-3-14-28-22)23-9-5-15-31(23)20-6-4-7-21(16-20)33(35)36/h2-16,25-26H,17H2,1H3,(H,29,34)(H,30,38). The number of ether oxygens (including phenoxy) is 1. The molecule has 2 unspecified atom stereocenters. The highest BCUT2D eigenvalue weighted by atomic mass is 32.1. The predicted molar refractivity (Wildman–Crippen MR) is 147 cm³/mol. The number of anilines is 2. The number of hydrogen-bond donors (Lipinski definition) is 2. The lowest BCUT2D eigenvalue weighted by molar-refractivity contribution is -0.384. The van der Waals surface area contributed by atoms with Gasteiger partial charge in [0.15, 0.2) is 5.11 Å². The number of thiocarbonyl (C=S) groups is 1. The van der Waals surface area contributed by atoms with Crippen molar-refractivity contribution in [2.45, 2.75) is 12.1 Å². The molecule has 192 valence electrons. The zero-order valence-corrected chi connectivity index (χ0v) is 21.2. The van der Waals surface area contributed by atoms with Crippen molar-refractivity contribution in [1.82, 2.24) is 14.9 Å². The number of methoxy groups -OCH3 is 1. The number of amides is 1. The average molecular weight is 529 g/mol. The van der Waals surface area contributed by atoms with E-state index in [1.807, 2.05) is 64.2 Å². The number of non-ortho nitro benzene ring substituents is 1. The molecular weight excluding hydrogens is 504 g/mol. The molecule has 2 atom stereocenters. The van der Waals surface area contributed by atoms with Crippen LogP contribution in [0.1, 0.15) is 23.5 Å². The molecule has 2 aromatic heterocycles. The quantitative estimate of drug-likeness (QED) is 0.195. The van der Waals surface area contributed by atoms with Crippen LogP contribution in [0.5, 0.6) is 0 Å². The average Bonchev–Trinajstić information content (AvgIpc) is 3.54. The van der Waals surface area contributed by atoms with Crippen molar-refractivity contribution < 1.29 is 14.5 Å². The van der Waals surface area contributed by atoms with Gasteiger partial charge in [0.2, 0.25) is 5.91 Å². The first-order valence-corrected chi connectivity index (χ1v) is 12.2. The van der Waals surface area contributed by atoms with Gasteiger partial charge < -0.3 is 24.8 Å². The molecule has 38 heavy (non-hydrogen) atoms. The Hall–Kier alpha value is -4.61. The topological polar surface area (TPSA) is 115 Å². The molecule has 4 aromatic rings. The van der Waals surface area contributed by atoms with Crippen LogP contribution in [-0.2, 0) is 9.53 Å². The Morgan fingerprint density at radius 3 is 2.63 bits per heavy atom. The summed E-state index contributed by atoms with van der Waals surface area (Å²) in [6, 6.07) is 22.8. The van der Waals surface area contributed by atoms with Crippen molar-refractivity contribution in [3.05, 3.63) is 113 Å². The summed E-state index contributed by atoms with van der Waals surface area (Å²) in [5, 5.41) is 18.1. The number of rotatable bonds is 8. The normalized spacial score (nSPS) is 16.8. The summed E-state index contributed by atoms with van der Waals surface area (Å²) < 4.78 is 6.81. The van der Waals surface area contributed by atoms with Gasteiger partial charge in [-0.2, -0.15) is 0 Å². The van der Waals surface area contributed by atoms with Crippen LogP contribution >= 0.6 is 12.2 Å². The molecule has 1 aliphatic rings. The third kappa shape index (κ3) is 4.97. The molecule has 2 N–H and O–H groups in total. The van der Waals surface area contributed by atoms with Crippen LogP contribution in [0.2, 0.25) is 0 Å². The third-order valence-corrected chi connectivity index (χ3v) is 6.52. The van der Waals surface area contributed by atoms with Crippen LogP contribution < -0.4 is 15.5 Å². The van der Waals surface area contributed by atoms with Crippen LogP contribution in [0.25, 0.3) is 5.69 Å². The number of carbonyl (C=O) groups is 1. The van der Waals surface area contributed by atoms with Crippen LogP contribution in [0.3, 0.4) is 0 Å². The lowest BCUT2D eigenvalue weighted by atomic mass is 10.0. The highest BCUT2D eigenvalue weighted by molar-refractivity contribution is 7.80. The summed E-state index contributed by atoms with van der Waals surface area (Å²) in [4.78, 5) is 29.5. The van der Waals surface area contributed by atoms with Crippen molar-refractivity contribution in [2.75, 3.05) is 23.9 Å². The number of nitrogens with zero attached hydrogens (tertiary/aromatic N) is 4. The molecule has 1 fully saturated rings. The fraction of sp³-hybridized carbons (Fsp3) is 0.148. The van der Waals surface area contributed by atoms with E-state index in [1.54, 1.807) is 30.5 Å². The van der Waals surface area contributed by atoms with E-state index in [4.69, 9.17) is 17.0 Å². The van der Waals surface area contributed by atoms with Crippen LogP contribution in [0.15, 0.2) is 91.3 Å². The van der Waals surface area contributed by atoms with Gasteiger partial charge in [-0.25, -0.2) is 0 Å². The minimum atomic E-state index is -0.408. The third-order valence-electron chi connectivity index (χ3n) is 6.20. The highest BCUT2D eigenvalue weighted by Gasteiger charge is 2.42. The first kappa shape index (κ1) is 25.1. The Kier molecular flexibility index (Phi) is 7.11. The van der Waals surface area contributed by atoms with Gasteiger partial charge in [0.05, 0.1) is 22.3 Å². The Morgan fingerprint density at radius 2 is 1.92 bits per heavy atom. The number of benzene rings is 2. The minimum absolute atomic E-state index is 0.00598. The molecule has 10 nitrogen and oxygen atoms in total. The van der Waals surface area contributed by atoms with E-state index in [2.05, 4.69) is 15.6 Å². The van der Waals surface area contributed by atoms with Gasteiger partial charge in [0.1, 0.15) is 12.6 Å². The van der Waals surface area contributed by atoms with Gasteiger partial charge in [-0.05, 0) is 66.8 Å². The van der Waals surface area contributed by atoms with Crippen molar-refractivity contribution in [3.63, 3.8) is 0 Å². The monoisotopic (exact) mass is 528 g/mol. The van der Waals surface area contributed by atoms with E-state index >= 15 is 0 Å². The number of hydrogen-bond acceptors (Lipinski definition) is 6. The zero-order valence-electron chi connectivity index (χ0n) is 20.4. The molecule has 0 aliphatic carbocycles. The number of pyridine rings is 1. The second kappa shape index (κ2) is 10.8. The van der Waals surface area contributed by atoms with Gasteiger partial charge in [0, 0.05) is 48.7 Å². The summed E-state index contributed by atoms with van der Waals surface area (Å²) in [6.07, 6.45) is 3.61. The predicted octanol–water partition coefficient (Wildman–Crippen LogP) is 4.54. The first-order chi connectivity index (χ1) is 18.5. The summed E-state index contributed by atoms with van der Waals surface area (Å²) >= 11 is 5.81. The molecule has 0 spiro atoms. The smallest absolute Gasteiger partial charge is 0.271 e. The maximum absolute atomic E-state index is 11.9. The highest BCUT2D eigenvalue weighted by Crippen LogP contribution is 2.42. The maximum atomic E-state index is 11.9. The van der Waals surface area contributed by atoms with Crippen molar-refractivity contribution in [2.24, 2.45) is 0 Å². The Balaban J connectivity index is 1.57. The van der Waals surface area contributed by atoms with Gasteiger partial charge in [-0.1, -0.05) is 12.1 Å². The second-order valence-electron chi connectivity index (χ2n) is 8.60. The number of nitro groups is 1. The molecule has 2 aromatic carbocycles. The van der Waals surface area contributed by atoms with E-state index in [-0.39, 0.29) is 30.3 Å². The summed E-state index contributed by atoms with van der Waals surface area (Å²) in [5.74, 6) is -0.249. The number of carbonyl (C=O) groups excluding carboxylic acids is 1. The summed E-state index contributed by atoms with van der Waals surface area (Å²) in [6.45, 7) is -0.0374. The van der Waals surface area contributed by atoms with E-state index in [0.717, 1.165) is 17.1 Å². The SMILES string of the molecule is COCC(=O)Nc1ccc(N2C(=S)NC(c3ccccn3)C2c2cccn2-c2cccc([N+](=O)[O-])c2)cc1. The van der Waals surface area contributed by atoms with Gasteiger partial charge >= 0.3 is 0 Å². The number of aromatic nitrogens is 2. The van der Waals surface area contributed by atoms with Gasteiger partial charge in [-0.3, -0.25) is 19.9 Å². The molecule has 5 rings (SSSR count). The molecule has 0 saturated carbocycles. The second-order valence-corrected chi connectivity index (χ2v) is 8.99. The first-order valence-electron chi connectivity index (χ1n) is 11.8. The van der Waals surface area contributed by atoms with Crippen molar-refractivity contribution in [3.8, 4) is 5.69 Å². The van der Waals surface area contributed by atoms with Crippen LogP contribution in [-0.4, -0.2) is 39.2 Å². The Morgan fingerprint density at radius 1 is 1.11 bits per heavy atom. The lowest BCUT2D eigenvalue weighted by Crippen LogP contribution is -2.30. The fourth-order valence-electron chi connectivity index (χ4n) is 4.59. The molecule has 3 heterocycles. The van der Waals surface area contributed by atoms with Crippen LogP contribution in [0, 0.1) is 10.1 Å². The van der Waals surface area contributed by atoms with Crippen molar-refractivity contribution >= 4 is 40.3 Å². The van der Waals surface area contributed by atoms with E-state index in [9.17, 15) is 14.9 Å². The minimum Gasteiger partial charge on any atom is -0.375 e. The van der Waals surface area contributed by atoms with Gasteiger partial charge in [0.25, 0.3) is 5.69 Å². The number of nitrogens with one attached hydrogen (secondary N) is 2. The van der Waals surface area contributed by atoms with Gasteiger partial charge in [-0.15, -0.1) is 0 Å². The Bertz CT molecular complexity index is 1470. The molecule has 1 amide bonds. The van der Waals surface area contributed by atoms with E-state index in [1.165, 1.54) is 13.2 Å². The maximum Gasteiger partial charge on any atom is 0.271 e. The Labute approximate surface area is 224 Å². The van der Waals surface area contributed by atoms with Crippen LogP contribution in [0.4, 0.5) is 17.1 Å². The fourth-order valence-corrected chi connectivity index (χ4v) is 4.94. The molecular formula is C27H24N6O4S. The summed E-state index contributed by atoms with van der Waals surface area (Å²) in [7, 11) is 1.46. The van der Waals surface area contributed by atoms with E-state index < -0.39 is 4.92 Å². The van der Waals surface area contributed by atoms with E-state index in [0.29, 0.717) is 16.5 Å². The summed E-state index contributed by atoms with van der Waals surface area (Å²) in [5.41, 5.74) is 3.78. The largest absolute Gasteiger partial charge is 0.375 e. The molecule has 0 radical (unpaired) electrons. The lowest BCUT2D eigenvalue weighted by Gasteiger charge is -2.29. The number of nitro benzene ring substituents is 1.